The Morgan fingerprint density at radius 1 is 1.01 bits per heavy atom. The van der Waals surface area contributed by atoms with E-state index >= 15 is 0 Å². The number of carbonyl (C=O) groups is 5. The van der Waals surface area contributed by atoms with Crippen LogP contribution in [0.15, 0.2) is 48.8 Å². The molecule has 0 aromatic carbocycles. The van der Waals surface area contributed by atoms with Crippen LogP contribution >= 0.6 is 0 Å². The summed E-state index contributed by atoms with van der Waals surface area (Å²) in [6, 6.07) is 2.39. The molecule has 1 aromatic heterocycles. The number of nitrogen functional groups attached to an aromatic ring is 1. The topological polar surface area (TPSA) is 274 Å². The van der Waals surface area contributed by atoms with Gasteiger partial charge >= 0.3 is 17.9 Å². The summed E-state index contributed by atoms with van der Waals surface area (Å²) >= 11 is 0. The van der Waals surface area contributed by atoms with Crippen molar-refractivity contribution < 1.29 is 77.2 Å². The van der Waals surface area contributed by atoms with Crippen LogP contribution in [0.3, 0.4) is 0 Å². The first-order chi connectivity index (χ1) is 32.0. The molecule has 2 saturated heterocycles. The van der Waals surface area contributed by atoms with Gasteiger partial charge in [0, 0.05) is 57.7 Å². The van der Waals surface area contributed by atoms with Crippen molar-refractivity contribution in [3.05, 3.63) is 54.4 Å². The van der Waals surface area contributed by atoms with Crippen molar-refractivity contribution in [3.8, 4) is 0 Å². The van der Waals surface area contributed by atoms with Gasteiger partial charge in [-0.3, -0.25) is 29.6 Å². The van der Waals surface area contributed by atoms with Gasteiger partial charge in [0.1, 0.15) is 42.4 Å². The Kier molecular flexibility index (Phi) is 23.8. The molecule has 0 radical (unpaired) electrons. The molecule has 16 atom stereocenters. The van der Waals surface area contributed by atoms with E-state index in [1.807, 2.05) is 26.2 Å². The number of methoxy groups -OCH3 is 1. The average molecular weight is 965 g/mol. The van der Waals surface area contributed by atoms with Gasteiger partial charge in [-0.1, -0.05) is 45.1 Å². The predicted molar refractivity (Wildman–Crippen MR) is 246 cm³/mol. The van der Waals surface area contributed by atoms with Gasteiger partial charge in [-0.2, -0.15) is 0 Å². The minimum Gasteiger partial charge on any atom is -0.462 e. The second-order valence-corrected chi connectivity index (χ2v) is 18.7. The van der Waals surface area contributed by atoms with Crippen LogP contribution in [0.25, 0.3) is 0 Å². The molecule has 0 saturated carbocycles. The van der Waals surface area contributed by atoms with Gasteiger partial charge in [0.05, 0.1) is 36.9 Å². The van der Waals surface area contributed by atoms with Crippen LogP contribution in [0.1, 0.15) is 104 Å². The highest BCUT2D eigenvalue weighted by atomic mass is 16.7. The van der Waals surface area contributed by atoms with Crippen LogP contribution in [-0.4, -0.2) is 162 Å². The lowest BCUT2D eigenvalue weighted by molar-refractivity contribution is -0.344. The number of ether oxygens (including phenoxy) is 8. The Labute approximate surface area is 400 Å². The van der Waals surface area contributed by atoms with Crippen molar-refractivity contribution in [3.63, 3.8) is 0 Å². The molecule has 20 nitrogen and oxygen atoms in total. The van der Waals surface area contributed by atoms with Crippen LogP contribution in [0, 0.1) is 17.8 Å². The number of likely N-dealkylation sites (N-methyl/N-ethyl adjacent to an activating group) is 1. The molecule has 68 heavy (non-hydrogen) atoms. The molecule has 0 spiro atoms. The standard InChI is InChI=1S/C42H69NO15.C6H7N3O/c1-23(2)19-32(47)56-40-27(6)53-34(22-42(40,8)50)57-37-26(5)54-41(36(49)35(37)43(9)10)58-38-29(17-18-44)20-24(3)30(46)16-14-12-13-15-25(4)52-33(48)21-31(39(38)51-11)55-28(7)45;7-9-6(10)5-1-3-8-4-2-5/h12-14,16,18,23-27,29-31,34-41,46,49-50H,15,17,19-22H2,1-11H3;1-4H,7H2,(H,9,10)/b13-12+,16-14+;/t24-,25-,26-,27+,29+,30+,31-,34+,35-,36-,37-,38+,39+,40+,41+,42-;/m1./s1. The number of pyridine rings is 1. The van der Waals surface area contributed by atoms with Crippen LogP contribution in [0.5, 0.6) is 0 Å². The number of aldehydes is 1. The third-order valence-electron chi connectivity index (χ3n) is 12.0. The van der Waals surface area contributed by atoms with Crippen LogP contribution in [-0.2, 0) is 57.1 Å². The Balaban J connectivity index is 0.00000108. The monoisotopic (exact) mass is 965 g/mol. The number of nitrogens with two attached hydrogens (primary N) is 1. The van der Waals surface area contributed by atoms with E-state index in [0.717, 1.165) is 0 Å². The number of esters is 3. The number of aliphatic hydroxyl groups excluding tert-OH is 2. The van der Waals surface area contributed by atoms with Crippen molar-refractivity contribution in [2.24, 2.45) is 23.6 Å². The Bertz CT molecular complexity index is 1800. The number of amides is 1. The number of aromatic nitrogens is 1. The molecule has 3 aliphatic rings. The van der Waals surface area contributed by atoms with Crippen molar-refractivity contribution in [1.29, 1.82) is 0 Å². The van der Waals surface area contributed by atoms with E-state index in [9.17, 15) is 39.3 Å². The number of nitrogens with one attached hydrogen (secondary N) is 1. The molecule has 4 heterocycles. The fourth-order valence-corrected chi connectivity index (χ4v) is 8.67. The minimum absolute atomic E-state index is 0.0460. The summed E-state index contributed by atoms with van der Waals surface area (Å²) < 4.78 is 48.6. The van der Waals surface area contributed by atoms with Gasteiger partial charge in [-0.15, -0.1) is 0 Å². The fraction of sp³-hybridized carbons (Fsp3) is 0.708. The number of nitrogens with zero attached hydrogens (tertiary/aromatic N) is 2. The maximum atomic E-state index is 13.2. The summed E-state index contributed by atoms with van der Waals surface area (Å²) in [6.45, 7) is 13.5. The molecule has 6 N–H and O–H groups in total. The van der Waals surface area contributed by atoms with E-state index in [0.29, 0.717) is 18.3 Å². The number of aliphatic hydroxyl groups is 3. The van der Waals surface area contributed by atoms with E-state index in [1.54, 1.807) is 83.1 Å². The van der Waals surface area contributed by atoms with E-state index in [4.69, 9.17) is 43.7 Å². The number of hydrazine groups is 1. The zero-order chi connectivity index (χ0) is 50.9. The van der Waals surface area contributed by atoms with E-state index < -0.39 is 121 Å². The Morgan fingerprint density at radius 2 is 1.69 bits per heavy atom. The summed E-state index contributed by atoms with van der Waals surface area (Å²) in [5.74, 6) is 1.76. The molecule has 1 aromatic rings. The SMILES string of the molecule is CO[C@@H]1[C@@H](O[C@@H]2O[C@H](C)[C@@H](O[C@H]3C[C@@](C)(O)[C@@H](OC(=O)CC(C)C)[C@H](C)O3)[C@H](N(C)C)[C@H]2O)[C@@H](CC=O)C[C@@H](C)[C@@H](O)/C=C/C=C/C[C@@H](C)OC(=O)C[C@H]1OC(C)=O.NNC(=O)c1ccncc1. The normalized spacial score (nSPS) is 36.0. The molecule has 2 fully saturated rings. The summed E-state index contributed by atoms with van der Waals surface area (Å²) in [4.78, 5) is 66.8. The quantitative estimate of drug-likeness (QED) is 0.0475. The maximum Gasteiger partial charge on any atom is 0.309 e. The predicted octanol–water partition coefficient (Wildman–Crippen LogP) is 2.70. The molecule has 1 amide bonds. The van der Waals surface area contributed by atoms with Crippen LogP contribution < -0.4 is 11.3 Å². The number of carbonyl (C=O) groups excluding carboxylic acids is 5. The molecule has 384 valence electrons. The molecular formula is C48H76N4O16. The van der Waals surface area contributed by atoms with Gasteiger partial charge in [0.15, 0.2) is 18.7 Å². The molecule has 3 aliphatic heterocycles. The molecule has 20 heteroatoms. The van der Waals surface area contributed by atoms with Crippen molar-refractivity contribution in [2.45, 2.75) is 179 Å². The van der Waals surface area contributed by atoms with Crippen molar-refractivity contribution in [2.75, 3.05) is 21.2 Å². The second-order valence-electron chi connectivity index (χ2n) is 18.7. The smallest absolute Gasteiger partial charge is 0.309 e. The lowest BCUT2D eigenvalue weighted by Gasteiger charge is -2.50. The lowest BCUT2D eigenvalue weighted by Crippen LogP contribution is -2.66. The fourth-order valence-electron chi connectivity index (χ4n) is 8.67. The average Bonchev–Trinajstić information content (AvgIpc) is 3.25. The molecule has 0 aliphatic carbocycles. The third-order valence-corrected chi connectivity index (χ3v) is 12.0. The summed E-state index contributed by atoms with van der Waals surface area (Å²) in [6.07, 6.45) is -1.04. The number of cyclic esters (lactones) is 1. The summed E-state index contributed by atoms with van der Waals surface area (Å²) in [5, 5.41) is 34.6. The third kappa shape index (κ3) is 17.6. The van der Waals surface area contributed by atoms with E-state index in [2.05, 4.69) is 4.98 Å². The number of rotatable bonds is 13. The highest BCUT2D eigenvalue weighted by Crippen LogP contribution is 2.38. The summed E-state index contributed by atoms with van der Waals surface area (Å²) in [5.41, 5.74) is 1.02. The van der Waals surface area contributed by atoms with Crippen LogP contribution in [0.4, 0.5) is 0 Å². The lowest BCUT2D eigenvalue weighted by atomic mass is 9.82. The minimum atomic E-state index is -1.50. The molecule has 4 rings (SSSR count). The van der Waals surface area contributed by atoms with Gasteiger partial charge in [0.25, 0.3) is 5.91 Å². The number of allylic oxidation sites excluding steroid dienone is 2. The van der Waals surface area contributed by atoms with Gasteiger partial charge < -0.3 is 62.9 Å². The van der Waals surface area contributed by atoms with E-state index in [1.165, 1.54) is 26.4 Å². The van der Waals surface area contributed by atoms with Crippen molar-refractivity contribution in [1.82, 2.24) is 15.3 Å². The molecule has 0 unspecified atom stereocenters. The van der Waals surface area contributed by atoms with Gasteiger partial charge in [0.2, 0.25) is 0 Å². The Hall–Kier alpha value is -4.22. The summed E-state index contributed by atoms with van der Waals surface area (Å²) in [7, 11) is 4.86. The first kappa shape index (κ1) is 58.1. The number of hydrogen-bond donors (Lipinski definition) is 5. The highest BCUT2D eigenvalue weighted by molar-refractivity contribution is 5.93. The Morgan fingerprint density at radius 3 is 2.26 bits per heavy atom. The largest absolute Gasteiger partial charge is 0.462 e. The van der Waals surface area contributed by atoms with E-state index in [-0.39, 0.29) is 37.5 Å². The maximum absolute atomic E-state index is 13.2. The van der Waals surface area contributed by atoms with Gasteiger partial charge in [-0.25, -0.2) is 5.84 Å². The number of hydrogen-bond acceptors (Lipinski definition) is 19. The zero-order valence-electron chi connectivity index (χ0n) is 41.3. The zero-order valence-corrected chi connectivity index (χ0v) is 41.3. The van der Waals surface area contributed by atoms with Gasteiger partial charge in [-0.05, 0) is 78.1 Å². The second kappa shape index (κ2) is 27.8. The molecule has 0 bridgehead atoms. The van der Waals surface area contributed by atoms with Crippen molar-refractivity contribution >= 4 is 30.1 Å². The first-order valence-corrected chi connectivity index (χ1v) is 23.2. The first-order valence-electron chi connectivity index (χ1n) is 23.2. The van der Waals surface area contributed by atoms with Crippen LogP contribution in [0.2, 0.25) is 0 Å². The molecular weight excluding hydrogens is 889 g/mol. The highest BCUT2D eigenvalue weighted by Gasteiger charge is 2.53.